The van der Waals surface area contributed by atoms with Gasteiger partial charge < -0.3 is 9.47 Å². The minimum atomic E-state index is -0.179. The molecule has 0 bridgehead atoms. The van der Waals surface area contributed by atoms with E-state index < -0.39 is 0 Å². The van der Waals surface area contributed by atoms with Gasteiger partial charge in [0.1, 0.15) is 0 Å². The molecular weight excluding hydrogens is 556 g/mol. The SMILES string of the molecule is CCCCCCCCCCCCCCCCCCOC(=O)CCCC(=O)OCCCCCCCCCCCCCCCCCC. The number of hydrogen-bond acceptors (Lipinski definition) is 4. The third kappa shape index (κ3) is 39.0. The first kappa shape index (κ1) is 43.9. The van der Waals surface area contributed by atoms with E-state index in [4.69, 9.17) is 9.47 Å². The fourth-order valence-corrected chi connectivity index (χ4v) is 6.19. The molecule has 0 aromatic heterocycles. The average molecular weight is 637 g/mol. The molecule has 0 saturated carbocycles. The van der Waals surface area contributed by atoms with Crippen LogP contribution < -0.4 is 0 Å². The van der Waals surface area contributed by atoms with Gasteiger partial charge in [-0.15, -0.1) is 0 Å². The number of rotatable bonds is 38. The Balaban J connectivity index is 3.25. The second-order valence-corrected chi connectivity index (χ2v) is 13.9. The lowest BCUT2D eigenvalue weighted by atomic mass is 10.0. The van der Waals surface area contributed by atoms with Gasteiger partial charge in [-0.25, -0.2) is 0 Å². The van der Waals surface area contributed by atoms with E-state index >= 15 is 0 Å². The summed E-state index contributed by atoms with van der Waals surface area (Å²) < 4.78 is 10.7. The molecule has 0 saturated heterocycles. The van der Waals surface area contributed by atoms with Crippen LogP contribution in [-0.4, -0.2) is 25.2 Å². The molecule has 0 atom stereocenters. The van der Waals surface area contributed by atoms with E-state index in [-0.39, 0.29) is 11.9 Å². The van der Waals surface area contributed by atoms with Gasteiger partial charge in [0.2, 0.25) is 0 Å². The molecule has 0 aliphatic carbocycles. The molecule has 0 heterocycles. The minimum Gasteiger partial charge on any atom is -0.466 e. The van der Waals surface area contributed by atoms with Crippen LogP contribution >= 0.6 is 0 Å². The van der Waals surface area contributed by atoms with Gasteiger partial charge in [-0.05, 0) is 19.3 Å². The number of hydrogen-bond donors (Lipinski definition) is 0. The standard InChI is InChI=1S/C41H80O4/c1-3-5-7-9-11-13-15-17-19-21-23-25-27-29-31-33-38-44-40(42)36-35-37-41(43)45-39-34-32-30-28-26-24-22-20-18-16-14-12-10-8-6-4-2/h3-39H2,1-2H3. The Bertz CT molecular complexity index is 540. The molecule has 4 heteroatoms. The van der Waals surface area contributed by atoms with Gasteiger partial charge in [-0.3, -0.25) is 9.59 Å². The van der Waals surface area contributed by atoms with Gasteiger partial charge in [0, 0.05) is 12.8 Å². The van der Waals surface area contributed by atoms with Crippen LogP contribution in [0.2, 0.25) is 0 Å². The second kappa shape index (κ2) is 39.1. The van der Waals surface area contributed by atoms with E-state index in [1.54, 1.807) is 0 Å². The highest BCUT2D eigenvalue weighted by Gasteiger charge is 2.07. The summed E-state index contributed by atoms with van der Waals surface area (Å²) in [6.07, 6.45) is 44.0. The van der Waals surface area contributed by atoms with Crippen LogP contribution in [0.5, 0.6) is 0 Å². The Morgan fingerprint density at radius 1 is 0.289 bits per heavy atom. The van der Waals surface area contributed by atoms with Crippen LogP contribution in [-0.2, 0) is 19.1 Å². The summed E-state index contributed by atoms with van der Waals surface area (Å²) in [5.74, 6) is -0.358. The minimum absolute atomic E-state index is 0.179. The molecule has 0 aromatic carbocycles. The van der Waals surface area contributed by atoms with E-state index in [2.05, 4.69) is 13.8 Å². The zero-order chi connectivity index (χ0) is 32.7. The first-order valence-electron chi connectivity index (χ1n) is 20.5. The molecule has 4 nitrogen and oxygen atoms in total. The van der Waals surface area contributed by atoms with Gasteiger partial charge in [0.15, 0.2) is 0 Å². The van der Waals surface area contributed by atoms with Gasteiger partial charge in [-0.2, -0.15) is 0 Å². The zero-order valence-electron chi connectivity index (χ0n) is 30.8. The van der Waals surface area contributed by atoms with Gasteiger partial charge in [-0.1, -0.05) is 206 Å². The summed E-state index contributed by atoms with van der Waals surface area (Å²) in [5.41, 5.74) is 0. The Morgan fingerprint density at radius 2 is 0.489 bits per heavy atom. The van der Waals surface area contributed by atoms with E-state index in [0.717, 1.165) is 25.7 Å². The molecule has 0 aliphatic heterocycles. The fraction of sp³-hybridized carbons (Fsp3) is 0.951. The number of unbranched alkanes of at least 4 members (excludes halogenated alkanes) is 30. The molecule has 0 spiro atoms. The normalized spacial score (nSPS) is 11.2. The van der Waals surface area contributed by atoms with Gasteiger partial charge in [0.25, 0.3) is 0 Å². The molecular formula is C41H80O4. The molecule has 0 unspecified atom stereocenters. The van der Waals surface area contributed by atoms with Crippen molar-refractivity contribution in [2.24, 2.45) is 0 Å². The third-order valence-corrected chi connectivity index (χ3v) is 9.28. The summed E-state index contributed by atoms with van der Waals surface area (Å²) >= 11 is 0. The Hall–Kier alpha value is -1.06. The summed E-state index contributed by atoms with van der Waals surface area (Å²) in [4.78, 5) is 23.9. The second-order valence-electron chi connectivity index (χ2n) is 13.9. The third-order valence-electron chi connectivity index (χ3n) is 9.28. The monoisotopic (exact) mass is 637 g/mol. The lowest BCUT2D eigenvalue weighted by Gasteiger charge is -2.06. The number of esters is 2. The maximum Gasteiger partial charge on any atom is 0.305 e. The van der Waals surface area contributed by atoms with E-state index in [1.165, 1.54) is 180 Å². The maximum absolute atomic E-state index is 11.9. The van der Waals surface area contributed by atoms with Crippen LogP contribution in [0, 0.1) is 0 Å². The largest absolute Gasteiger partial charge is 0.466 e. The predicted octanol–water partition coefficient (Wildman–Crippen LogP) is 13.8. The lowest BCUT2D eigenvalue weighted by molar-refractivity contribution is -0.145. The van der Waals surface area contributed by atoms with Crippen molar-refractivity contribution in [3.63, 3.8) is 0 Å². The van der Waals surface area contributed by atoms with Gasteiger partial charge in [0.05, 0.1) is 13.2 Å². The summed E-state index contributed by atoms with van der Waals surface area (Å²) in [7, 11) is 0. The summed E-state index contributed by atoms with van der Waals surface area (Å²) in [5, 5.41) is 0. The van der Waals surface area contributed by atoms with Crippen molar-refractivity contribution >= 4 is 11.9 Å². The van der Waals surface area contributed by atoms with Crippen molar-refractivity contribution in [2.45, 2.75) is 239 Å². The van der Waals surface area contributed by atoms with Crippen molar-refractivity contribution in [3.8, 4) is 0 Å². The molecule has 268 valence electrons. The Kier molecular flexibility index (Phi) is 38.2. The van der Waals surface area contributed by atoms with Crippen LogP contribution in [0.4, 0.5) is 0 Å². The maximum atomic E-state index is 11.9. The summed E-state index contributed by atoms with van der Waals surface area (Å²) in [6, 6.07) is 0. The molecule has 0 radical (unpaired) electrons. The van der Waals surface area contributed by atoms with Gasteiger partial charge >= 0.3 is 11.9 Å². The smallest absolute Gasteiger partial charge is 0.305 e. The molecule has 0 aliphatic rings. The fourth-order valence-electron chi connectivity index (χ4n) is 6.19. The van der Waals surface area contributed by atoms with Crippen molar-refractivity contribution in [3.05, 3.63) is 0 Å². The van der Waals surface area contributed by atoms with Crippen molar-refractivity contribution in [1.82, 2.24) is 0 Å². The van der Waals surface area contributed by atoms with Crippen LogP contribution in [0.3, 0.4) is 0 Å². The van der Waals surface area contributed by atoms with Crippen LogP contribution in [0.1, 0.15) is 239 Å². The average Bonchev–Trinajstić information content (AvgIpc) is 3.04. The molecule has 45 heavy (non-hydrogen) atoms. The van der Waals surface area contributed by atoms with E-state index in [0.29, 0.717) is 32.5 Å². The first-order valence-corrected chi connectivity index (χ1v) is 20.5. The lowest BCUT2D eigenvalue weighted by Crippen LogP contribution is -2.09. The number of carbonyl (C=O) groups is 2. The van der Waals surface area contributed by atoms with E-state index in [1.807, 2.05) is 0 Å². The predicted molar refractivity (Wildman–Crippen MR) is 195 cm³/mol. The molecule has 0 N–H and O–H groups in total. The number of ether oxygens (including phenoxy) is 2. The highest BCUT2D eigenvalue weighted by atomic mass is 16.5. The molecule has 0 rings (SSSR count). The molecule has 0 amide bonds. The number of carbonyl (C=O) groups excluding carboxylic acids is 2. The topological polar surface area (TPSA) is 52.6 Å². The van der Waals surface area contributed by atoms with Crippen molar-refractivity contribution in [2.75, 3.05) is 13.2 Å². The zero-order valence-corrected chi connectivity index (χ0v) is 30.8. The highest BCUT2D eigenvalue weighted by molar-refractivity contribution is 5.72. The Labute approximate surface area is 282 Å². The van der Waals surface area contributed by atoms with Crippen LogP contribution in [0.25, 0.3) is 0 Å². The van der Waals surface area contributed by atoms with Crippen LogP contribution in [0.15, 0.2) is 0 Å². The first-order chi connectivity index (χ1) is 22.2. The molecule has 0 aromatic rings. The van der Waals surface area contributed by atoms with Crippen molar-refractivity contribution < 1.29 is 19.1 Å². The summed E-state index contributed by atoms with van der Waals surface area (Å²) in [6.45, 7) is 5.59. The quantitative estimate of drug-likeness (QED) is 0.0500. The van der Waals surface area contributed by atoms with Crippen molar-refractivity contribution in [1.29, 1.82) is 0 Å². The molecule has 0 fully saturated rings. The van der Waals surface area contributed by atoms with E-state index in [9.17, 15) is 9.59 Å². The Morgan fingerprint density at radius 3 is 0.711 bits per heavy atom. The highest BCUT2D eigenvalue weighted by Crippen LogP contribution is 2.15.